The molecule has 32 heavy (non-hydrogen) atoms. The summed E-state index contributed by atoms with van der Waals surface area (Å²) < 4.78 is 182. The second kappa shape index (κ2) is 6.93. The van der Waals surface area contributed by atoms with E-state index in [9.17, 15) is 52.7 Å². The minimum atomic E-state index is -7.68. The van der Waals surface area contributed by atoms with E-state index < -0.39 is 71.8 Å². The van der Waals surface area contributed by atoms with Gasteiger partial charge in [-0.2, -0.15) is 0 Å². The fourth-order valence-corrected chi connectivity index (χ4v) is 11.1. The van der Waals surface area contributed by atoms with E-state index in [1.54, 1.807) is 0 Å². The molecule has 0 aromatic heterocycles. The maximum atomic E-state index is 14.1. The predicted octanol–water partition coefficient (Wildman–Crippen LogP) is 6.73. The van der Waals surface area contributed by atoms with Crippen LogP contribution in [-0.2, 0) is 13.8 Å². The summed E-state index contributed by atoms with van der Waals surface area (Å²) in [5.74, 6) is -8.26. The normalized spacial score (nSPS) is 25.9. The van der Waals surface area contributed by atoms with Crippen molar-refractivity contribution in [1.29, 1.82) is 0 Å². The molecule has 4 nitrogen and oxygen atoms in total. The van der Waals surface area contributed by atoms with Gasteiger partial charge < -0.3 is 0 Å². The molecule has 0 amide bonds. The van der Waals surface area contributed by atoms with Gasteiger partial charge in [-0.05, 0) is 0 Å². The standard InChI is InChI=1S/C14H9F12O4PS/c15-11(16,17)9(12(18,19)20)29-10(13(21,22)23,14(24,25)26)31(30-9,27-6-7-32-31)28-8-4-2-1-3-5-8/h1-5H,6-7H2. The predicted molar refractivity (Wildman–Crippen MR) is 84.3 cm³/mol. The molecule has 0 radical (unpaired) electrons. The van der Waals surface area contributed by atoms with E-state index >= 15 is 0 Å². The first-order valence-electron chi connectivity index (χ1n) is 8.03. The average Bonchev–Trinajstić information content (AvgIpc) is 3.14. The number of rotatable bonds is 2. The number of benzene rings is 1. The third-order valence-electron chi connectivity index (χ3n) is 4.32. The van der Waals surface area contributed by atoms with Crippen molar-refractivity contribution in [3.05, 3.63) is 30.3 Å². The number of hydrogen-bond donors (Lipinski definition) is 0. The number of halogens is 12. The Labute approximate surface area is 174 Å². The molecule has 18 heteroatoms. The van der Waals surface area contributed by atoms with Crippen molar-refractivity contribution in [1.82, 2.24) is 0 Å². The first-order valence-corrected chi connectivity index (χ1v) is 11.6. The van der Waals surface area contributed by atoms with Gasteiger partial charge in [0.1, 0.15) is 0 Å². The number of ether oxygens (including phenoxy) is 1. The van der Waals surface area contributed by atoms with Crippen LogP contribution in [0, 0.1) is 0 Å². The molecule has 1 spiro atoms. The molecule has 0 unspecified atom stereocenters. The van der Waals surface area contributed by atoms with Crippen molar-refractivity contribution in [3.8, 4) is 5.75 Å². The second-order valence-corrected chi connectivity index (χ2v) is 12.5. The molecule has 2 aliphatic rings. The first kappa shape index (κ1) is 25.5. The van der Waals surface area contributed by atoms with Gasteiger partial charge in [0, 0.05) is 0 Å². The number of hydrogen-bond acceptors (Lipinski definition) is 5. The van der Waals surface area contributed by atoms with Gasteiger partial charge in [0.15, 0.2) is 0 Å². The van der Waals surface area contributed by atoms with Crippen LogP contribution in [0.25, 0.3) is 0 Å². The van der Waals surface area contributed by atoms with E-state index in [-0.39, 0.29) is 0 Å². The summed E-state index contributed by atoms with van der Waals surface area (Å²) in [4.78, 5) is 0. The van der Waals surface area contributed by atoms with E-state index in [1.165, 1.54) is 6.07 Å². The fraction of sp³-hybridized carbons (Fsp3) is 0.571. The Balaban J connectivity index is 2.49. The van der Waals surface area contributed by atoms with E-state index in [0.29, 0.717) is 12.1 Å². The van der Waals surface area contributed by atoms with Crippen molar-refractivity contribution < 1.29 is 71.0 Å². The van der Waals surface area contributed by atoms with Crippen molar-refractivity contribution >= 4 is 17.9 Å². The van der Waals surface area contributed by atoms with Crippen LogP contribution in [0.15, 0.2) is 30.3 Å². The van der Waals surface area contributed by atoms with E-state index in [0.717, 1.165) is 12.1 Å². The molecule has 2 fully saturated rings. The van der Waals surface area contributed by atoms with E-state index in [4.69, 9.17) is 4.52 Å². The van der Waals surface area contributed by atoms with Crippen LogP contribution in [0.2, 0.25) is 0 Å². The molecule has 2 saturated heterocycles. The van der Waals surface area contributed by atoms with Gasteiger partial charge >= 0.3 is 173 Å². The van der Waals surface area contributed by atoms with Crippen molar-refractivity contribution in [2.45, 2.75) is 35.8 Å². The molecule has 0 saturated carbocycles. The Kier molecular flexibility index (Phi) is 5.52. The van der Waals surface area contributed by atoms with Gasteiger partial charge in [0.25, 0.3) is 0 Å². The van der Waals surface area contributed by atoms with Crippen LogP contribution in [0.4, 0.5) is 52.7 Å². The molecule has 1 aromatic carbocycles. The van der Waals surface area contributed by atoms with Crippen molar-refractivity contribution in [2.24, 2.45) is 0 Å². The molecular formula is C14H9F12O4PS. The summed E-state index contributed by atoms with van der Waals surface area (Å²) in [5, 5.41) is -6.27. The van der Waals surface area contributed by atoms with Gasteiger partial charge in [-0.3, -0.25) is 0 Å². The molecular weight excluding hydrogens is 523 g/mol. The molecule has 0 atom stereocenters. The summed E-state index contributed by atoms with van der Waals surface area (Å²) in [6.07, 6.45) is -27.8. The van der Waals surface area contributed by atoms with E-state index in [1.807, 2.05) is 0 Å². The van der Waals surface area contributed by atoms with Gasteiger partial charge in [-0.1, -0.05) is 0 Å². The third-order valence-corrected chi connectivity index (χ3v) is 11.9. The van der Waals surface area contributed by atoms with Crippen LogP contribution in [0.3, 0.4) is 0 Å². The first-order chi connectivity index (χ1) is 14.3. The van der Waals surface area contributed by atoms with Gasteiger partial charge in [0.05, 0.1) is 0 Å². The Hall–Kier alpha value is -1.16. The molecule has 2 heterocycles. The summed E-state index contributed by atoms with van der Waals surface area (Å²) in [7, 11) is 0. The molecule has 184 valence electrons. The molecule has 0 aliphatic carbocycles. The Bertz CT molecular complexity index is 832. The second-order valence-electron chi connectivity index (χ2n) is 6.33. The summed E-state index contributed by atoms with van der Waals surface area (Å²) in [6, 6.07) is 4.58. The fourth-order valence-electron chi connectivity index (χ4n) is 3.12. The van der Waals surface area contributed by atoms with Crippen LogP contribution in [0.1, 0.15) is 0 Å². The zero-order valence-electron chi connectivity index (χ0n) is 14.8. The third kappa shape index (κ3) is 3.11. The summed E-state index contributed by atoms with van der Waals surface area (Å²) in [6.45, 7) is -8.84. The number of alkyl halides is 12. The van der Waals surface area contributed by atoms with Crippen LogP contribution >= 0.6 is 17.9 Å². The molecule has 0 N–H and O–H groups in total. The van der Waals surface area contributed by atoms with Crippen LogP contribution in [0.5, 0.6) is 5.75 Å². The van der Waals surface area contributed by atoms with Gasteiger partial charge in [0.2, 0.25) is 0 Å². The SMILES string of the molecule is FC(F)(F)C1(C(F)(F)F)OC(C(F)(F)F)(C(F)(F)F)P2(Oc3ccccc3)(OCCS2)O1. The Morgan fingerprint density at radius 1 is 0.781 bits per heavy atom. The van der Waals surface area contributed by atoms with Crippen LogP contribution in [-0.4, -0.2) is 48.2 Å². The summed E-state index contributed by atoms with van der Waals surface area (Å²) >= 11 is -0.711. The molecule has 2 aliphatic heterocycles. The van der Waals surface area contributed by atoms with Gasteiger partial charge in [-0.15, -0.1) is 0 Å². The minimum absolute atomic E-state index is 0.700. The summed E-state index contributed by atoms with van der Waals surface area (Å²) in [5.41, 5.74) is 0. The topological polar surface area (TPSA) is 36.9 Å². The van der Waals surface area contributed by atoms with Gasteiger partial charge in [-0.25, -0.2) is 0 Å². The molecule has 3 rings (SSSR count). The monoisotopic (exact) mass is 532 g/mol. The Morgan fingerprint density at radius 3 is 1.66 bits per heavy atom. The number of para-hydroxylation sites is 1. The zero-order chi connectivity index (χ0) is 24.5. The molecule has 1 aromatic rings. The maximum absolute atomic E-state index is 14.1. The van der Waals surface area contributed by atoms with Crippen LogP contribution < -0.4 is 4.52 Å². The Morgan fingerprint density at radius 2 is 1.28 bits per heavy atom. The quantitative estimate of drug-likeness (QED) is 0.312. The van der Waals surface area contributed by atoms with Crippen molar-refractivity contribution in [3.63, 3.8) is 0 Å². The zero-order valence-corrected chi connectivity index (χ0v) is 16.5. The van der Waals surface area contributed by atoms with Crippen molar-refractivity contribution in [2.75, 3.05) is 12.4 Å². The molecule has 0 bridgehead atoms. The van der Waals surface area contributed by atoms with E-state index in [2.05, 4.69) is 13.8 Å². The average molecular weight is 532 g/mol.